The first-order valence-corrected chi connectivity index (χ1v) is 5.25. The highest BCUT2D eigenvalue weighted by Gasteiger charge is 1.91. The molecule has 3 nitrogen and oxygen atoms in total. The lowest BCUT2D eigenvalue weighted by Gasteiger charge is -2.04. The van der Waals surface area contributed by atoms with Crippen molar-refractivity contribution in [3.05, 3.63) is 30.3 Å². The lowest BCUT2D eigenvalue weighted by Crippen LogP contribution is -2.00. The van der Waals surface area contributed by atoms with E-state index >= 15 is 0 Å². The average molecular weight is 207 g/mol. The van der Waals surface area contributed by atoms with Crippen LogP contribution in [0.3, 0.4) is 0 Å². The van der Waals surface area contributed by atoms with Crippen molar-refractivity contribution < 1.29 is 9.57 Å². The summed E-state index contributed by atoms with van der Waals surface area (Å²) in [6.07, 6.45) is 3.49. The van der Waals surface area contributed by atoms with E-state index in [1.165, 1.54) is 0 Å². The lowest BCUT2D eigenvalue weighted by molar-refractivity contribution is 0.128. The van der Waals surface area contributed by atoms with Crippen LogP contribution in [0, 0.1) is 0 Å². The molecule has 0 unspecified atom stereocenters. The van der Waals surface area contributed by atoms with Crippen LogP contribution in [-0.4, -0.2) is 19.4 Å². The van der Waals surface area contributed by atoms with Gasteiger partial charge in [-0.1, -0.05) is 30.3 Å². The molecule has 3 heteroatoms. The summed E-state index contributed by atoms with van der Waals surface area (Å²) in [4.78, 5) is 5.00. The summed E-state index contributed by atoms with van der Waals surface area (Å²) in [5.41, 5.74) is 0. The van der Waals surface area contributed by atoms with Crippen LogP contribution in [0.4, 0.5) is 0 Å². The van der Waals surface area contributed by atoms with Gasteiger partial charge in [0.05, 0.1) is 6.61 Å². The molecule has 0 radical (unpaired) electrons. The average Bonchev–Trinajstić information content (AvgIpc) is 2.29. The molecule has 0 fully saturated rings. The van der Waals surface area contributed by atoms with Crippen LogP contribution in [0.15, 0.2) is 35.5 Å². The number of ether oxygens (including phenoxy) is 1. The summed E-state index contributed by atoms with van der Waals surface area (Å²) in [5, 5.41) is 3.75. The van der Waals surface area contributed by atoms with Crippen molar-refractivity contribution in [3.8, 4) is 5.75 Å². The monoisotopic (exact) mass is 207 g/mol. The van der Waals surface area contributed by atoms with Crippen LogP contribution in [-0.2, 0) is 4.84 Å². The topological polar surface area (TPSA) is 30.8 Å². The number of hydrogen-bond acceptors (Lipinski definition) is 3. The maximum atomic E-state index is 5.48. The largest absolute Gasteiger partial charge is 0.493 e. The second-order valence-electron chi connectivity index (χ2n) is 3.04. The third-order valence-corrected chi connectivity index (χ3v) is 1.72. The smallest absolute Gasteiger partial charge is 0.120 e. The van der Waals surface area contributed by atoms with Crippen molar-refractivity contribution in [1.82, 2.24) is 0 Å². The van der Waals surface area contributed by atoms with Gasteiger partial charge in [0.25, 0.3) is 0 Å². The minimum Gasteiger partial charge on any atom is -0.493 e. The molecule has 0 heterocycles. The third kappa shape index (κ3) is 5.73. The van der Waals surface area contributed by atoms with E-state index in [0.29, 0.717) is 13.2 Å². The highest BCUT2D eigenvalue weighted by atomic mass is 16.6. The highest BCUT2D eigenvalue weighted by molar-refractivity contribution is 5.55. The number of nitrogens with zero attached hydrogens (tertiary/aromatic N) is 1. The first-order valence-electron chi connectivity index (χ1n) is 5.25. The van der Waals surface area contributed by atoms with E-state index in [4.69, 9.17) is 9.57 Å². The summed E-state index contributed by atoms with van der Waals surface area (Å²) in [6.45, 7) is 3.28. The maximum Gasteiger partial charge on any atom is 0.120 e. The Morgan fingerprint density at radius 1 is 1.20 bits per heavy atom. The van der Waals surface area contributed by atoms with Gasteiger partial charge >= 0.3 is 0 Å². The van der Waals surface area contributed by atoms with E-state index < -0.39 is 0 Å². The molecule has 0 N–H and O–H groups in total. The Hall–Kier alpha value is -1.51. The molecule has 1 aromatic carbocycles. The molecular formula is C12H17NO2. The zero-order chi connectivity index (χ0) is 10.8. The van der Waals surface area contributed by atoms with Crippen molar-refractivity contribution >= 4 is 6.21 Å². The molecule has 0 bridgehead atoms. The van der Waals surface area contributed by atoms with Gasteiger partial charge in [-0.15, -0.1) is 0 Å². The molecule has 0 aromatic heterocycles. The Bertz CT molecular complexity index is 272. The first-order chi connectivity index (χ1) is 7.43. The van der Waals surface area contributed by atoms with E-state index in [0.717, 1.165) is 18.6 Å². The second-order valence-corrected chi connectivity index (χ2v) is 3.04. The van der Waals surface area contributed by atoms with Gasteiger partial charge in [0.15, 0.2) is 0 Å². The summed E-state index contributed by atoms with van der Waals surface area (Å²) < 4.78 is 5.48. The predicted octanol–water partition coefficient (Wildman–Crippen LogP) is 2.87. The molecule has 0 amide bonds. The molecule has 1 aromatic rings. The fraction of sp³-hybridized carbons (Fsp3) is 0.417. The predicted molar refractivity (Wildman–Crippen MR) is 61.3 cm³/mol. The summed E-state index contributed by atoms with van der Waals surface area (Å²) >= 11 is 0. The summed E-state index contributed by atoms with van der Waals surface area (Å²) in [5.74, 6) is 0.898. The standard InChI is InChI=1S/C12H17NO2/c1-2-9-13-15-11-6-10-14-12-7-4-3-5-8-12/h3-5,7-9H,2,6,10-11H2,1H3/b13-9+. The van der Waals surface area contributed by atoms with Gasteiger partial charge in [-0.3, -0.25) is 0 Å². The van der Waals surface area contributed by atoms with Gasteiger partial charge < -0.3 is 9.57 Å². The number of hydrogen-bond donors (Lipinski definition) is 0. The molecule has 0 saturated heterocycles. The zero-order valence-electron chi connectivity index (χ0n) is 9.06. The summed E-state index contributed by atoms with van der Waals surface area (Å²) in [7, 11) is 0. The molecule has 1 rings (SSSR count). The van der Waals surface area contributed by atoms with Gasteiger partial charge in [-0.25, -0.2) is 0 Å². The third-order valence-electron chi connectivity index (χ3n) is 1.72. The van der Waals surface area contributed by atoms with Crippen molar-refractivity contribution in [2.45, 2.75) is 19.8 Å². The molecule has 0 aliphatic carbocycles. The maximum absolute atomic E-state index is 5.48. The number of rotatable bonds is 7. The van der Waals surface area contributed by atoms with Crippen LogP contribution in [0.2, 0.25) is 0 Å². The van der Waals surface area contributed by atoms with Crippen molar-refractivity contribution in [1.29, 1.82) is 0 Å². The summed E-state index contributed by atoms with van der Waals surface area (Å²) in [6, 6.07) is 9.76. The SMILES string of the molecule is CC/C=N/OCCCOc1ccccc1. The quantitative estimate of drug-likeness (QED) is 0.391. The van der Waals surface area contributed by atoms with Crippen LogP contribution in [0.25, 0.3) is 0 Å². The van der Waals surface area contributed by atoms with Crippen molar-refractivity contribution in [2.75, 3.05) is 13.2 Å². The first kappa shape index (κ1) is 11.6. The van der Waals surface area contributed by atoms with E-state index in [2.05, 4.69) is 5.16 Å². The van der Waals surface area contributed by atoms with Gasteiger partial charge in [0.1, 0.15) is 12.4 Å². The molecular weight excluding hydrogens is 190 g/mol. The molecule has 0 aliphatic heterocycles. The lowest BCUT2D eigenvalue weighted by atomic mass is 10.3. The van der Waals surface area contributed by atoms with Gasteiger partial charge in [0, 0.05) is 12.6 Å². The van der Waals surface area contributed by atoms with Gasteiger partial charge in [0.2, 0.25) is 0 Å². The van der Waals surface area contributed by atoms with E-state index in [-0.39, 0.29) is 0 Å². The highest BCUT2D eigenvalue weighted by Crippen LogP contribution is 2.08. The Labute approximate surface area is 90.7 Å². The Kier molecular flexibility index (Phi) is 6.05. The number of benzene rings is 1. The zero-order valence-corrected chi connectivity index (χ0v) is 9.06. The Morgan fingerprint density at radius 2 is 2.00 bits per heavy atom. The molecule has 15 heavy (non-hydrogen) atoms. The van der Waals surface area contributed by atoms with E-state index in [1.54, 1.807) is 6.21 Å². The fourth-order valence-corrected chi connectivity index (χ4v) is 1.01. The van der Waals surface area contributed by atoms with E-state index in [9.17, 15) is 0 Å². The van der Waals surface area contributed by atoms with Crippen LogP contribution >= 0.6 is 0 Å². The van der Waals surface area contributed by atoms with Gasteiger partial charge in [-0.2, -0.15) is 0 Å². The Morgan fingerprint density at radius 3 is 2.73 bits per heavy atom. The minimum absolute atomic E-state index is 0.601. The normalized spacial score (nSPS) is 10.5. The van der Waals surface area contributed by atoms with Crippen LogP contribution in [0.1, 0.15) is 19.8 Å². The minimum atomic E-state index is 0.601. The molecule has 0 saturated carbocycles. The number of para-hydroxylation sites is 1. The van der Waals surface area contributed by atoms with Crippen molar-refractivity contribution in [3.63, 3.8) is 0 Å². The van der Waals surface area contributed by atoms with Crippen molar-refractivity contribution in [2.24, 2.45) is 5.16 Å². The molecule has 82 valence electrons. The van der Waals surface area contributed by atoms with E-state index in [1.807, 2.05) is 37.3 Å². The Balaban J connectivity index is 2.00. The van der Waals surface area contributed by atoms with Gasteiger partial charge in [-0.05, 0) is 18.6 Å². The fourth-order valence-electron chi connectivity index (χ4n) is 1.01. The molecule has 0 spiro atoms. The van der Waals surface area contributed by atoms with Crippen LogP contribution in [0.5, 0.6) is 5.75 Å². The van der Waals surface area contributed by atoms with Crippen LogP contribution < -0.4 is 4.74 Å². The molecule has 0 atom stereocenters. The number of oxime groups is 1. The molecule has 0 aliphatic rings. The second kappa shape index (κ2) is 7.85.